The van der Waals surface area contributed by atoms with E-state index in [1.54, 1.807) is 0 Å². The second kappa shape index (κ2) is 50.6. The predicted molar refractivity (Wildman–Crippen MR) is 289 cm³/mol. The molecule has 0 aromatic rings. The number of phosphoric ester groups is 2. The van der Waals surface area contributed by atoms with E-state index in [9.17, 15) is 43.5 Å². The molecule has 4 N–H and O–H groups in total. The molecular formula is C55H102O16P2. The number of rotatable bonds is 54. The number of hydrogen-bond donors (Lipinski definition) is 4. The van der Waals surface area contributed by atoms with Gasteiger partial charge in [-0.2, -0.15) is 0 Å². The lowest BCUT2D eigenvalue weighted by Crippen LogP contribution is -2.30. The van der Waals surface area contributed by atoms with Gasteiger partial charge in [-0.3, -0.25) is 32.5 Å². The Morgan fingerprint density at radius 3 is 1.04 bits per heavy atom. The number of phosphoric acid groups is 2. The van der Waals surface area contributed by atoms with Crippen molar-refractivity contribution < 1.29 is 75.8 Å². The molecule has 428 valence electrons. The Bertz CT molecular complexity index is 1510. The van der Waals surface area contributed by atoms with Gasteiger partial charge in [-0.05, 0) is 89.9 Å². The second-order valence-electron chi connectivity index (χ2n) is 19.1. The van der Waals surface area contributed by atoms with E-state index in [0.717, 1.165) is 116 Å². The summed E-state index contributed by atoms with van der Waals surface area (Å²) in [7, 11) is -9.74. The van der Waals surface area contributed by atoms with Crippen LogP contribution < -0.4 is 0 Å². The van der Waals surface area contributed by atoms with E-state index < -0.39 is 91.5 Å². The van der Waals surface area contributed by atoms with Gasteiger partial charge in [-0.1, -0.05) is 166 Å². The summed E-state index contributed by atoms with van der Waals surface area (Å²) in [5.41, 5.74) is 0. The fraction of sp³-hybridized carbons (Fsp3) is 0.836. The van der Waals surface area contributed by atoms with Gasteiger partial charge in [0.05, 0.1) is 26.4 Å². The molecule has 0 saturated heterocycles. The summed E-state index contributed by atoms with van der Waals surface area (Å²) >= 11 is 0. The van der Waals surface area contributed by atoms with Gasteiger partial charge in [0.15, 0.2) is 6.10 Å². The van der Waals surface area contributed by atoms with Gasteiger partial charge in [-0.15, -0.1) is 0 Å². The molecule has 0 aliphatic rings. The fourth-order valence-corrected chi connectivity index (χ4v) is 8.95. The lowest BCUT2D eigenvalue weighted by molar-refractivity contribution is -0.161. The third-order valence-corrected chi connectivity index (χ3v) is 13.7. The Balaban J connectivity index is 4.69. The van der Waals surface area contributed by atoms with Crippen LogP contribution in [0.15, 0.2) is 36.5 Å². The highest BCUT2D eigenvalue weighted by Crippen LogP contribution is 2.45. The molecule has 0 bridgehead atoms. The van der Waals surface area contributed by atoms with Crippen molar-refractivity contribution in [2.45, 2.75) is 257 Å². The van der Waals surface area contributed by atoms with Crippen molar-refractivity contribution in [2.75, 3.05) is 39.6 Å². The van der Waals surface area contributed by atoms with E-state index in [1.807, 2.05) is 0 Å². The SMILES string of the molecule is CCCC/C=C\CCCCCCCC(=O)OC(COC(=O)CCCCCCC/C=C\CCCCCC)COP(=O)(O)OCC(O)COP(=O)(O)OCC(O)COC(=O)CCCCCCC/C=C\CCCCCC. The van der Waals surface area contributed by atoms with E-state index in [1.165, 1.54) is 64.2 Å². The number of aliphatic hydroxyl groups excluding tert-OH is 2. The summed E-state index contributed by atoms with van der Waals surface area (Å²) in [6.07, 6.45) is 42.3. The Labute approximate surface area is 441 Å². The molecule has 0 fully saturated rings. The van der Waals surface area contributed by atoms with Gasteiger partial charge in [0.25, 0.3) is 0 Å². The molecule has 18 heteroatoms. The first kappa shape index (κ1) is 70.8. The van der Waals surface area contributed by atoms with Crippen molar-refractivity contribution in [2.24, 2.45) is 0 Å². The van der Waals surface area contributed by atoms with Crippen molar-refractivity contribution in [3.05, 3.63) is 36.5 Å². The standard InChI is InChI=1S/C55H102O16P2/c1-4-7-10-13-16-19-22-24-27-29-32-35-38-41-53(58)65-44-50(56)45-67-72(61,62)68-46-51(57)47-69-73(63,64)70-49-52(71-55(60)43-40-37-34-31-26-21-18-15-12-9-6-3)48-66-54(59)42-39-36-33-30-28-25-23-20-17-14-11-8-5-2/h15,18-20,22-23,50-52,56-57H,4-14,16-17,21,24-49H2,1-3H3,(H,61,62)(H,63,64)/b18-15-,22-19-,23-20-. The lowest BCUT2D eigenvalue weighted by Gasteiger charge is -2.21. The second-order valence-corrected chi connectivity index (χ2v) is 22.0. The highest BCUT2D eigenvalue weighted by atomic mass is 31.2. The van der Waals surface area contributed by atoms with Crippen LogP contribution in [-0.2, 0) is 55.8 Å². The Morgan fingerprint density at radius 1 is 0.370 bits per heavy atom. The number of ether oxygens (including phenoxy) is 3. The minimum atomic E-state index is -4.91. The number of allylic oxidation sites excluding steroid dienone is 6. The van der Waals surface area contributed by atoms with Gasteiger partial charge in [0.2, 0.25) is 0 Å². The van der Waals surface area contributed by atoms with Crippen molar-refractivity contribution in [3.8, 4) is 0 Å². The van der Waals surface area contributed by atoms with Crippen LogP contribution >= 0.6 is 15.6 Å². The monoisotopic (exact) mass is 1080 g/mol. The first-order chi connectivity index (χ1) is 35.2. The van der Waals surface area contributed by atoms with Crippen molar-refractivity contribution in [1.82, 2.24) is 0 Å². The van der Waals surface area contributed by atoms with E-state index in [2.05, 4.69) is 57.2 Å². The molecule has 73 heavy (non-hydrogen) atoms. The molecule has 0 aromatic carbocycles. The van der Waals surface area contributed by atoms with Gasteiger partial charge in [0, 0.05) is 19.3 Å². The van der Waals surface area contributed by atoms with Crippen LogP contribution in [-0.4, -0.2) is 95.9 Å². The number of hydrogen-bond acceptors (Lipinski definition) is 14. The molecule has 16 nitrogen and oxygen atoms in total. The summed E-state index contributed by atoms with van der Waals surface area (Å²) < 4.78 is 60.4. The van der Waals surface area contributed by atoms with Gasteiger partial charge in [0.1, 0.15) is 25.4 Å². The lowest BCUT2D eigenvalue weighted by atomic mass is 10.1. The first-order valence-electron chi connectivity index (χ1n) is 28.3. The molecule has 0 amide bonds. The smallest absolute Gasteiger partial charge is 0.463 e. The summed E-state index contributed by atoms with van der Waals surface area (Å²) in [6, 6.07) is 0. The van der Waals surface area contributed by atoms with E-state index in [0.29, 0.717) is 19.3 Å². The van der Waals surface area contributed by atoms with E-state index >= 15 is 0 Å². The zero-order valence-electron chi connectivity index (χ0n) is 45.6. The van der Waals surface area contributed by atoms with Crippen molar-refractivity contribution in [1.29, 1.82) is 0 Å². The molecule has 5 atom stereocenters. The normalized spacial score (nSPS) is 14.9. The zero-order valence-corrected chi connectivity index (χ0v) is 47.4. The van der Waals surface area contributed by atoms with Crippen LogP contribution in [0.25, 0.3) is 0 Å². The van der Waals surface area contributed by atoms with Gasteiger partial charge < -0.3 is 34.2 Å². The van der Waals surface area contributed by atoms with Crippen LogP contribution in [0, 0.1) is 0 Å². The zero-order chi connectivity index (χ0) is 53.9. The topological polar surface area (TPSA) is 231 Å². The van der Waals surface area contributed by atoms with Crippen LogP contribution in [0.5, 0.6) is 0 Å². The van der Waals surface area contributed by atoms with Crippen LogP contribution in [0.3, 0.4) is 0 Å². The highest BCUT2D eigenvalue weighted by Gasteiger charge is 2.29. The summed E-state index contributed by atoms with van der Waals surface area (Å²) in [4.78, 5) is 57.8. The molecule has 0 aromatic heterocycles. The summed E-state index contributed by atoms with van der Waals surface area (Å²) in [6.45, 7) is 2.54. The third kappa shape index (κ3) is 51.6. The largest absolute Gasteiger partial charge is 0.472 e. The molecule has 0 rings (SSSR count). The summed E-state index contributed by atoms with van der Waals surface area (Å²) in [5.74, 6) is -1.60. The number of aliphatic hydroxyl groups is 2. The molecule has 0 heterocycles. The number of carbonyl (C=O) groups is 3. The number of carbonyl (C=O) groups excluding carboxylic acids is 3. The van der Waals surface area contributed by atoms with Crippen LogP contribution in [0.4, 0.5) is 0 Å². The number of esters is 3. The molecular weight excluding hydrogens is 979 g/mol. The molecule has 0 aliphatic heterocycles. The maximum Gasteiger partial charge on any atom is 0.472 e. The van der Waals surface area contributed by atoms with E-state index in [-0.39, 0.29) is 19.3 Å². The molecule has 0 saturated carbocycles. The Hall–Kier alpha value is -2.23. The van der Waals surface area contributed by atoms with Crippen LogP contribution in [0.1, 0.15) is 239 Å². The minimum absolute atomic E-state index is 0.0959. The molecule has 0 radical (unpaired) electrons. The Morgan fingerprint density at radius 2 is 0.658 bits per heavy atom. The van der Waals surface area contributed by atoms with E-state index in [4.69, 9.17) is 32.3 Å². The Kier molecular flexibility index (Phi) is 49.0. The quantitative estimate of drug-likeness (QED) is 0.0146. The molecule has 5 unspecified atom stereocenters. The average molecular weight is 1080 g/mol. The molecule has 0 aliphatic carbocycles. The first-order valence-corrected chi connectivity index (χ1v) is 31.3. The molecule has 0 spiro atoms. The maximum absolute atomic E-state index is 12.8. The van der Waals surface area contributed by atoms with Crippen molar-refractivity contribution in [3.63, 3.8) is 0 Å². The highest BCUT2D eigenvalue weighted by molar-refractivity contribution is 7.47. The maximum atomic E-state index is 12.8. The number of unbranched alkanes of at least 4 members (excludes halogenated alkanes) is 25. The predicted octanol–water partition coefficient (Wildman–Crippen LogP) is 14.0. The summed E-state index contributed by atoms with van der Waals surface area (Å²) in [5, 5.41) is 20.4. The van der Waals surface area contributed by atoms with Gasteiger partial charge in [-0.25, -0.2) is 9.13 Å². The van der Waals surface area contributed by atoms with Gasteiger partial charge >= 0.3 is 33.6 Å². The fourth-order valence-electron chi connectivity index (χ4n) is 7.36. The third-order valence-electron chi connectivity index (χ3n) is 11.8. The van der Waals surface area contributed by atoms with Crippen LogP contribution in [0.2, 0.25) is 0 Å². The minimum Gasteiger partial charge on any atom is -0.463 e. The van der Waals surface area contributed by atoms with Crippen molar-refractivity contribution >= 4 is 33.6 Å². The average Bonchev–Trinajstić information content (AvgIpc) is 3.36.